The highest BCUT2D eigenvalue weighted by Gasteiger charge is 2.49. The summed E-state index contributed by atoms with van der Waals surface area (Å²) in [6.45, 7) is 9.42. The summed E-state index contributed by atoms with van der Waals surface area (Å²) < 4.78 is 6.21. The van der Waals surface area contributed by atoms with Crippen molar-refractivity contribution in [2.24, 2.45) is 11.3 Å². The Kier molecular flexibility index (Phi) is 2.42. The molecule has 1 heteroatoms. The molecular weight excluding hydrogens is 172 g/mol. The third kappa shape index (κ3) is 1.60. The summed E-state index contributed by atoms with van der Waals surface area (Å²) in [6.07, 6.45) is 7.09. The number of hydrogen-bond acceptors (Lipinski definition) is 1. The van der Waals surface area contributed by atoms with Gasteiger partial charge < -0.3 is 4.74 Å². The number of rotatable bonds is 0. The van der Waals surface area contributed by atoms with E-state index in [0.717, 1.165) is 5.92 Å². The standard InChI is InChI=1S/C13H24O/c1-10-6-7-11-12(2,3)8-5-9-13(11,4)14-10/h10-11H,5-9H2,1-4H3/t10-,11+,13-/m0/s1. The van der Waals surface area contributed by atoms with Crippen LogP contribution in [-0.4, -0.2) is 11.7 Å². The Bertz CT molecular complexity index is 221. The first-order chi connectivity index (χ1) is 6.44. The second-order valence-electron chi connectivity index (χ2n) is 6.21. The van der Waals surface area contributed by atoms with Gasteiger partial charge in [-0.2, -0.15) is 0 Å². The molecule has 0 spiro atoms. The first kappa shape index (κ1) is 10.5. The van der Waals surface area contributed by atoms with Gasteiger partial charge in [0.15, 0.2) is 0 Å². The SMILES string of the molecule is C[C@H]1CC[C@@H]2C(C)(C)CCC[C@]2(C)O1. The maximum absolute atomic E-state index is 6.21. The zero-order chi connectivity index (χ0) is 10.4. The highest BCUT2D eigenvalue weighted by atomic mass is 16.5. The largest absolute Gasteiger partial charge is 0.372 e. The van der Waals surface area contributed by atoms with E-state index in [9.17, 15) is 0 Å². The van der Waals surface area contributed by atoms with E-state index in [4.69, 9.17) is 4.74 Å². The van der Waals surface area contributed by atoms with Crippen LogP contribution in [0.4, 0.5) is 0 Å². The smallest absolute Gasteiger partial charge is 0.0691 e. The Morgan fingerprint density at radius 3 is 2.50 bits per heavy atom. The molecule has 1 saturated carbocycles. The molecule has 0 N–H and O–H groups in total. The van der Waals surface area contributed by atoms with Crippen molar-refractivity contribution in [1.29, 1.82) is 0 Å². The Morgan fingerprint density at radius 2 is 1.79 bits per heavy atom. The average Bonchev–Trinajstić information content (AvgIpc) is 2.00. The molecule has 1 aliphatic carbocycles. The van der Waals surface area contributed by atoms with Gasteiger partial charge in [-0.05, 0) is 50.9 Å². The van der Waals surface area contributed by atoms with E-state index < -0.39 is 0 Å². The van der Waals surface area contributed by atoms with Crippen LogP contribution in [0.2, 0.25) is 0 Å². The van der Waals surface area contributed by atoms with Crippen LogP contribution >= 0.6 is 0 Å². The Labute approximate surface area is 88.2 Å². The molecule has 2 aliphatic rings. The van der Waals surface area contributed by atoms with Crippen LogP contribution in [-0.2, 0) is 4.74 Å². The van der Waals surface area contributed by atoms with Crippen molar-refractivity contribution in [3.63, 3.8) is 0 Å². The monoisotopic (exact) mass is 196 g/mol. The Morgan fingerprint density at radius 1 is 1.07 bits per heavy atom. The minimum atomic E-state index is 0.180. The zero-order valence-corrected chi connectivity index (χ0v) is 10.1. The summed E-state index contributed by atoms with van der Waals surface area (Å²) in [4.78, 5) is 0. The first-order valence-corrected chi connectivity index (χ1v) is 6.12. The third-order valence-electron chi connectivity index (χ3n) is 4.51. The van der Waals surface area contributed by atoms with Crippen molar-refractivity contribution >= 4 is 0 Å². The fourth-order valence-corrected chi connectivity index (χ4v) is 3.83. The summed E-state index contributed by atoms with van der Waals surface area (Å²) in [5.74, 6) is 0.778. The van der Waals surface area contributed by atoms with Crippen LogP contribution in [0.5, 0.6) is 0 Å². The predicted molar refractivity (Wildman–Crippen MR) is 59.3 cm³/mol. The second-order valence-corrected chi connectivity index (χ2v) is 6.21. The number of hydrogen-bond donors (Lipinski definition) is 0. The van der Waals surface area contributed by atoms with Gasteiger partial charge in [0.05, 0.1) is 11.7 Å². The molecule has 82 valence electrons. The molecule has 1 aliphatic heterocycles. The summed E-state index contributed by atoms with van der Waals surface area (Å²) in [5.41, 5.74) is 0.673. The van der Waals surface area contributed by atoms with E-state index >= 15 is 0 Å². The maximum Gasteiger partial charge on any atom is 0.0691 e. The van der Waals surface area contributed by atoms with Crippen LogP contribution in [0.25, 0.3) is 0 Å². The van der Waals surface area contributed by atoms with Crippen molar-refractivity contribution < 1.29 is 4.74 Å². The van der Waals surface area contributed by atoms with E-state index in [-0.39, 0.29) is 5.60 Å². The molecule has 1 heterocycles. The quantitative estimate of drug-likeness (QED) is 0.573. The molecule has 0 amide bonds. The molecule has 0 radical (unpaired) electrons. The lowest BCUT2D eigenvalue weighted by Gasteiger charge is -2.54. The van der Waals surface area contributed by atoms with Crippen LogP contribution in [0, 0.1) is 11.3 Å². The Hall–Kier alpha value is -0.0400. The molecule has 3 atom stereocenters. The lowest BCUT2D eigenvalue weighted by molar-refractivity contribution is -0.193. The molecule has 2 fully saturated rings. The summed E-state index contributed by atoms with van der Waals surface area (Å²) in [6, 6.07) is 0. The summed E-state index contributed by atoms with van der Waals surface area (Å²) in [5, 5.41) is 0. The maximum atomic E-state index is 6.21. The van der Waals surface area contributed by atoms with E-state index in [1.165, 1.54) is 32.1 Å². The van der Waals surface area contributed by atoms with Crippen molar-refractivity contribution in [3.8, 4) is 0 Å². The molecule has 2 rings (SSSR count). The average molecular weight is 196 g/mol. The molecule has 1 saturated heterocycles. The highest BCUT2D eigenvalue weighted by Crippen LogP contribution is 2.52. The molecule has 14 heavy (non-hydrogen) atoms. The van der Waals surface area contributed by atoms with Gasteiger partial charge in [-0.15, -0.1) is 0 Å². The number of fused-ring (bicyclic) bond motifs is 1. The van der Waals surface area contributed by atoms with E-state index in [1.54, 1.807) is 0 Å². The molecule has 0 aromatic carbocycles. The van der Waals surface area contributed by atoms with E-state index in [2.05, 4.69) is 27.7 Å². The van der Waals surface area contributed by atoms with Gasteiger partial charge in [-0.25, -0.2) is 0 Å². The molecule has 0 aromatic heterocycles. The second kappa shape index (κ2) is 3.23. The van der Waals surface area contributed by atoms with Gasteiger partial charge in [0.1, 0.15) is 0 Å². The molecule has 1 nitrogen and oxygen atoms in total. The van der Waals surface area contributed by atoms with Gasteiger partial charge in [-0.1, -0.05) is 20.3 Å². The topological polar surface area (TPSA) is 9.23 Å². The lowest BCUT2D eigenvalue weighted by Crippen LogP contribution is -2.53. The van der Waals surface area contributed by atoms with Crippen molar-refractivity contribution in [2.75, 3.05) is 0 Å². The van der Waals surface area contributed by atoms with Gasteiger partial charge >= 0.3 is 0 Å². The zero-order valence-electron chi connectivity index (χ0n) is 10.1. The first-order valence-electron chi connectivity index (χ1n) is 6.12. The third-order valence-corrected chi connectivity index (χ3v) is 4.51. The molecular formula is C13H24O. The van der Waals surface area contributed by atoms with Crippen LogP contribution in [0.15, 0.2) is 0 Å². The van der Waals surface area contributed by atoms with Crippen molar-refractivity contribution in [1.82, 2.24) is 0 Å². The lowest BCUT2D eigenvalue weighted by atomic mass is 9.59. The summed E-state index contributed by atoms with van der Waals surface area (Å²) in [7, 11) is 0. The van der Waals surface area contributed by atoms with Crippen LogP contribution < -0.4 is 0 Å². The minimum Gasteiger partial charge on any atom is -0.372 e. The van der Waals surface area contributed by atoms with Gasteiger partial charge in [0.25, 0.3) is 0 Å². The number of ether oxygens (including phenoxy) is 1. The van der Waals surface area contributed by atoms with E-state index in [1.807, 2.05) is 0 Å². The summed E-state index contributed by atoms with van der Waals surface area (Å²) >= 11 is 0. The molecule has 0 aromatic rings. The van der Waals surface area contributed by atoms with Crippen molar-refractivity contribution in [2.45, 2.75) is 71.5 Å². The highest BCUT2D eigenvalue weighted by molar-refractivity contribution is 4.99. The van der Waals surface area contributed by atoms with Crippen LogP contribution in [0.1, 0.15) is 59.8 Å². The van der Waals surface area contributed by atoms with E-state index in [0.29, 0.717) is 11.5 Å². The van der Waals surface area contributed by atoms with Gasteiger partial charge in [0, 0.05) is 0 Å². The predicted octanol–water partition coefficient (Wildman–Crippen LogP) is 3.77. The molecule has 0 unspecified atom stereocenters. The van der Waals surface area contributed by atoms with Gasteiger partial charge in [0.2, 0.25) is 0 Å². The van der Waals surface area contributed by atoms with Crippen molar-refractivity contribution in [3.05, 3.63) is 0 Å². The Balaban J connectivity index is 2.21. The fourth-order valence-electron chi connectivity index (χ4n) is 3.83. The van der Waals surface area contributed by atoms with Crippen LogP contribution in [0.3, 0.4) is 0 Å². The fraction of sp³-hybridized carbons (Fsp3) is 1.00. The normalized spacial score (nSPS) is 47.1. The minimum absolute atomic E-state index is 0.180. The van der Waals surface area contributed by atoms with Gasteiger partial charge in [-0.3, -0.25) is 0 Å². The molecule has 0 bridgehead atoms.